The first-order valence-corrected chi connectivity index (χ1v) is 6.62. The molecule has 0 aliphatic heterocycles. The summed E-state index contributed by atoms with van der Waals surface area (Å²) in [7, 11) is 0. The van der Waals surface area contributed by atoms with Crippen molar-refractivity contribution in [3.05, 3.63) is 0 Å². The van der Waals surface area contributed by atoms with Crippen molar-refractivity contribution >= 4 is 17.9 Å². The van der Waals surface area contributed by atoms with Crippen molar-refractivity contribution in [3.63, 3.8) is 0 Å². The zero-order valence-electron chi connectivity index (χ0n) is 12.5. The Labute approximate surface area is 121 Å². The van der Waals surface area contributed by atoms with Gasteiger partial charge in [-0.05, 0) is 13.0 Å². The van der Waals surface area contributed by atoms with Gasteiger partial charge in [0.05, 0.1) is 0 Å². The quantitative estimate of drug-likeness (QED) is 0.216. The van der Waals surface area contributed by atoms with Gasteiger partial charge in [0, 0.05) is 6.92 Å². The molecule has 0 atom stereocenters. The Balaban J connectivity index is -0.000000234. The molecule has 120 valence electrons. The molecule has 10 N–H and O–H groups in total. The summed E-state index contributed by atoms with van der Waals surface area (Å²) in [5.41, 5.74) is 14.8. The first kappa shape index (κ1) is 23.3. The summed E-state index contributed by atoms with van der Waals surface area (Å²) >= 11 is 0. The second kappa shape index (κ2) is 19.5. The lowest BCUT2D eigenvalue weighted by Crippen LogP contribution is -2.39. The molecule has 0 unspecified atom stereocenters. The van der Waals surface area contributed by atoms with Crippen LogP contribution < -0.4 is 22.5 Å². The highest BCUT2D eigenvalue weighted by atomic mass is 16.4. The predicted octanol–water partition coefficient (Wildman–Crippen LogP) is 0.759. The van der Waals surface area contributed by atoms with Gasteiger partial charge in [0.15, 0.2) is 11.9 Å². The fourth-order valence-electron chi connectivity index (χ4n) is 1.07. The molecule has 8 heteroatoms. The summed E-state index contributed by atoms with van der Waals surface area (Å²) < 4.78 is 0. The number of carbonyl (C=O) groups is 1. The average molecular weight is 290 g/mol. The topological polar surface area (TPSA) is 175 Å². The van der Waals surface area contributed by atoms with Crippen molar-refractivity contribution in [1.29, 1.82) is 10.8 Å². The monoisotopic (exact) mass is 290 g/mol. The number of carboxylic acids is 1. The Morgan fingerprint density at radius 2 is 1.40 bits per heavy atom. The van der Waals surface area contributed by atoms with Crippen molar-refractivity contribution in [2.45, 2.75) is 52.4 Å². The van der Waals surface area contributed by atoms with Crippen LogP contribution in [-0.4, -0.2) is 29.5 Å². The lowest BCUT2D eigenvalue weighted by Gasteiger charge is -1.96. The fraction of sp³-hybridized carbons (Fsp3) is 0.750. The molecule has 0 saturated carbocycles. The normalized spacial score (nSPS) is 8.35. The Morgan fingerprint density at radius 3 is 1.65 bits per heavy atom. The van der Waals surface area contributed by atoms with Crippen molar-refractivity contribution in [2.24, 2.45) is 17.2 Å². The van der Waals surface area contributed by atoms with Crippen LogP contribution in [0, 0.1) is 10.8 Å². The molecule has 0 heterocycles. The summed E-state index contributed by atoms with van der Waals surface area (Å²) in [6.07, 6.45) is 8.05. The molecular formula is C12H30N6O2. The lowest BCUT2D eigenvalue weighted by molar-refractivity contribution is -0.134. The first-order valence-electron chi connectivity index (χ1n) is 6.62. The highest BCUT2D eigenvalue weighted by Crippen LogP contribution is 2.03. The summed E-state index contributed by atoms with van der Waals surface area (Å²) in [5.74, 6) is -1.46. The number of nitrogens with one attached hydrogen (secondary N) is 3. The molecule has 0 amide bonds. The van der Waals surface area contributed by atoms with Gasteiger partial charge in [-0.1, -0.05) is 39.0 Å². The van der Waals surface area contributed by atoms with Crippen molar-refractivity contribution in [1.82, 2.24) is 5.32 Å². The Morgan fingerprint density at radius 1 is 1.05 bits per heavy atom. The molecule has 0 aromatic carbocycles. The van der Waals surface area contributed by atoms with E-state index in [0.29, 0.717) is 0 Å². The lowest BCUT2D eigenvalue weighted by atomic mass is 10.1. The number of nitrogens with two attached hydrogens (primary N) is 3. The second-order valence-electron chi connectivity index (χ2n) is 4.03. The van der Waals surface area contributed by atoms with Gasteiger partial charge in [0.1, 0.15) is 0 Å². The highest BCUT2D eigenvalue weighted by Gasteiger charge is 1.86. The predicted molar refractivity (Wildman–Crippen MR) is 82.7 cm³/mol. The number of unbranched alkanes of at least 4 members (excludes halogenated alkanes) is 5. The number of carboxylic acid groups (broad SMARTS) is 1. The minimum Gasteiger partial charge on any atom is -0.481 e. The van der Waals surface area contributed by atoms with E-state index in [9.17, 15) is 0 Å². The molecule has 0 aliphatic carbocycles. The molecular weight excluding hydrogens is 260 g/mol. The summed E-state index contributed by atoms with van der Waals surface area (Å²) in [6.45, 7) is 4.19. The molecule has 0 rings (SSSR count). The third-order valence-electron chi connectivity index (χ3n) is 1.83. The summed E-state index contributed by atoms with van der Waals surface area (Å²) in [6, 6.07) is 0. The maximum absolute atomic E-state index is 9.00. The number of guanidine groups is 2. The fourth-order valence-corrected chi connectivity index (χ4v) is 1.07. The van der Waals surface area contributed by atoms with Crippen molar-refractivity contribution in [3.8, 4) is 0 Å². The SMILES string of the molecule is CC(=O)O.CCCCCCCCN.N=C(N)NC(=N)N. The van der Waals surface area contributed by atoms with Crippen LogP contribution in [0.25, 0.3) is 0 Å². The van der Waals surface area contributed by atoms with Gasteiger partial charge in [-0.25, -0.2) is 0 Å². The van der Waals surface area contributed by atoms with E-state index in [0.717, 1.165) is 13.5 Å². The zero-order chi connectivity index (χ0) is 16.4. The average Bonchev–Trinajstić information content (AvgIpc) is 2.27. The molecule has 0 fully saturated rings. The summed E-state index contributed by atoms with van der Waals surface area (Å²) in [4.78, 5) is 9.00. The number of aliphatic carboxylic acids is 1. The van der Waals surface area contributed by atoms with Crippen LogP contribution in [0.4, 0.5) is 0 Å². The van der Waals surface area contributed by atoms with Crippen molar-refractivity contribution < 1.29 is 9.90 Å². The van der Waals surface area contributed by atoms with Gasteiger partial charge in [0.2, 0.25) is 0 Å². The smallest absolute Gasteiger partial charge is 0.300 e. The molecule has 0 spiro atoms. The number of rotatable bonds is 6. The molecule has 0 saturated heterocycles. The molecule has 8 nitrogen and oxygen atoms in total. The number of hydrogen-bond acceptors (Lipinski definition) is 4. The minimum absolute atomic E-state index is 0.312. The van der Waals surface area contributed by atoms with E-state index in [-0.39, 0.29) is 11.9 Å². The van der Waals surface area contributed by atoms with Gasteiger partial charge in [0.25, 0.3) is 5.97 Å². The van der Waals surface area contributed by atoms with Crippen LogP contribution in [0.2, 0.25) is 0 Å². The van der Waals surface area contributed by atoms with E-state index in [1.807, 2.05) is 5.32 Å². The molecule has 0 aromatic heterocycles. The molecule has 0 bridgehead atoms. The van der Waals surface area contributed by atoms with Gasteiger partial charge in [-0.3, -0.25) is 20.9 Å². The zero-order valence-corrected chi connectivity index (χ0v) is 12.5. The van der Waals surface area contributed by atoms with E-state index in [4.69, 9.17) is 37.9 Å². The Kier molecular flexibility index (Phi) is 22.7. The Hall–Kier alpha value is -1.83. The van der Waals surface area contributed by atoms with Gasteiger partial charge in [-0.2, -0.15) is 0 Å². The van der Waals surface area contributed by atoms with Crippen LogP contribution >= 0.6 is 0 Å². The van der Waals surface area contributed by atoms with Crippen LogP contribution in [-0.2, 0) is 4.79 Å². The summed E-state index contributed by atoms with van der Waals surface area (Å²) in [5, 5.41) is 22.4. The van der Waals surface area contributed by atoms with Crippen LogP contribution in [0.3, 0.4) is 0 Å². The highest BCUT2D eigenvalue weighted by molar-refractivity contribution is 5.93. The van der Waals surface area contributed by atoms with Gasteiger partial charge >= 0.3 is 0 Å². The standard InChI is InChI=1S/C8H19N.C2H7N5.C2H4O2/c1-2-3-4-5-6-7-8-9;3-1(4)7-2(5)6;1-2(3)4/h2-9H2,1H3;(H7,3,4,5,6,7);1H3,(H,3,4). The molecule has 20 heavy (non-hydrogen) atoms. The second-order valence-corrected chi connectivity index (χ2v) is 4.03. The largest absolute Gasteiger partial charge is 0.481 e. The van der Waals surface area contributed by atoms with E-state index in [2.05, 4.69) is 6.92 Å². The third-order valence-corrected chi connectivity index (χ3v) is 1.83. The van der Waals surface area contributed by atoms with E-state index < -0.39 is 5.97 Å². The van der Waals surface area contributed by atoms with E-state index in [1.165, 1.54) is 38.5 Å². The maximum Gasteiger partial charge on any atom is 0.300 e. The molecule has 0 aromatic rings. The van der Waals surface area contributed by atoms with Gasteiger partial charge in [-0.15, -0.1) is 0 Å². The van der Waals surface area contributed by atoms with Crippen LogP contribution in [0.15, 0.2) is 0 Å². The molecule has 0 radical (unpaired) electrons. The van der Waals surface area contributed by atoms with Crippen LogP contribution in [0.5, 0.6) is 0 Å². The van der Waals surface area contributed by atoms with E-state index in [1.54, 1.807) is 0 Å². The van der Waals surface area contributed by atoms with Crippen molar-refractivity contribution in [2.75, 3.05) is 6.54 Å². The van der Waals surface area contributed by atoms with E-state index >= 15 is 0 Å². The molecule has 0 aliphatic rings. The maximum atomic E-state index is 9.00. The third kappa shape index (κ3) is 55.7. The Bertz CT molecular complexity index is 236. The first-order chi connectivity index (χ1) is 9.27. The van der Waals surface area contributed by atoms with Crippen LogP contribution in [0.1, 0.15) is 52.4 Å². The van der Waals surface area contributed by atoms with Gasteiger partial charge < -0.3 is 22.3 Å². The number of hydrogen-bond donors (Lipinski definition) is 7. The minimum atomic E-state index is -0.833.